The lowest BCUT2D eigenvalue weighted by Gasteiger charge is -2.23. The van der Waals surface area contributed by atoms with Gasteiger partial charge in [-0.05, 0) is 23.2 Å². The number of hydrogen-bond acceptors (Lipinski definition) is 2. The van der Waals surface area contributed by atoms with Crippen molar-refractivity contribution in [1.29, 1.82) is 0 Å². The van der Waals surface area contributed by atoms with Crippen molar-refractivity contribution in [1.82, 2.24) is 0 Å². The first-order valence-electron chi connectivity index (χ1n) is 5.31. The highest BCUT2D eigenvalue weighted by molar-refractivity contribution is 6.68. The first-order chi connectivity index (χ1) is 6.92. The van der Waals surface area contributed by atoms with Gasteiger partial charge < -0.3 is 10.2 Å². The fourth-order valence-electron chi connectivity index (χ4n) is 2.02. The van der Waals surface area contributed by atoms with Gasteiger partial charge in [-0.2, -0.15) is 0 Å². The molecule has 2 N–H and O–H groups in total. The van der Waals surface area contributed by atoms with Crippen LogP contribution in [0.1, 0.15) is 18.4 Å². The Labute approximate surface area is 86.8 Å². The van der Waals surface area contributed by atoms with Crippen molar-refractivity contribution in [3.05, 3.63) is 29.8 Å². The third-order valence-electron chi connectivity index (χ3n) is 2.80. The Morgan fingerprint density at radius 2 is 2.14 bits per heavy atom. The van der Waals surface area contributed by atoms with E-state index in [1.54, 1.807) is 0 Å². The summed E-state index contributed by atoms with van der Waals surface area (Å²) in [7, 11) is -1.12. The van der Waals surface area contributed by atoms with Gasteiger partial charge in [0.25, 0.3) is 0 Å². The molecule has 0 spiro atoms. The average molecular weight is 207 g/mol. The molecule has 2 nitrogen and oxygen atoms in total. The predicted molar refractivity (Wildman–Crippen MR) is 61.1 cm³/mol. The summed E-state index contributed by atoms with van der Waals surface area (Å²) >= 11 is 0. The summed E-state index contributed by atoms with van der Waals surface area (Å²) in [5.74, 6) is 0. The van der Waals surface area contributed by atoms with Crippen LogP contribution in [0.4, 0.5) is 0 Å². The molecule has 0 amide bonds. The van der Waals surface area contributed by atoms with Crippen LogP contribution in [0.2, 0.25) is 6.04 Å². The summed E-state index contributed by atoms with van der Waals surface area (Å²) < 4.78 is 5.89. The van der Waals surface area contributed by atoms with E-state index in [-0.39, 0.29) is 0 Å². The Bertz CT molecular complexity index is 297. The fourth-order valence-corrected chi connectivity index (χ4v) is 4.74. The highest BCUT2D eigenvalue weighted by Gasteiger charge is 2.20. The van der Waals surface area contributed by atoms with Crippen LogP contribution in [-0.4, -0.2) is 15.6 Å². The molecule has 1 aromatic carbocycles. The first-order valence-corrected chi connectivity index (χ1v) is 7.18. The molecule has 76 valence electrons. The van der Waals surface area contributed by atoms with Crippen LogP contribution in [0.5, 0.6) is 0 Å². The molecular weight excluding hydrogens is 190 g/mol. The van der Waals surface area contributed by atoms with E-state index in [1.807, 2.05) is 0 Å². The third kappa shape index (κ3) is 2.05. The molecule has 0 radical (unpaired) electrons. The summed E-state index contributed by atoms with van der Waals surface area (Å²) in [5.41, 5.74) is 7.01. The van der Waals surface area contributed by atoms with Crippen LogP contribution in [-0.2, 0) is 11.0 Å². The van der Waals surface area contributed by atoms with Crippen molar-refractivity contribution in [3.63, 3.8) is 0 Å². The van der Waals surface area contributed by atoms with E-state index >= 15 is 0 Å². The standard InChI is InChI=1S/C11H17NOSi/c12-9-10-5-1-2-6-11(10)14-8-4-3-7-13-14/h1-2,5-6,14H,3-4,7-9,12H2. The van der Waals surface area contributed by atoms with Gasteiger partial charge in [0.1, 0.15) is 0 Å². The van der Waals surface area contributed by atoms with Crippen molar-refractivity contribution in [2.45, 2.75) is 25.4 Å². The summed E-state index contributed by atoms with van der Waals surface area (Å²) in [4.78, 5) is 0. The van der Waals surface area contributed by atoms with Crippen LogP contribution in [0.25, 0.3) is 0 Å². The van der Waals surface area contributed by atoms with Crippen molar-refractivity contribution in [3.8, 4) is 0 Å². The maximum absolute atomic E-state index is 5.89. The van der Waals surface area contributed by atoms with Crippen molar-refractivity contribution in [2.24, 2.45) is 5.73 Å². The molecule has 0 bridgehead atoms. The van der Waals surface area contributed by atoms with E-state index in [4.69, 9.17) is 10.2 Å². The van der Waals surface area contributed by atoms with Crippen molar-refractivity contribution >= 4 is 14.2 Å². The van der Waals surface area contributed by atoms with E-state index in [1.165, 1.54) is 29.6 Å². The Kier molecular flexibility index (Phi) is 3.34. The lowest BCUT2D eigenvalue weighted by Crippen LogP contribution is -2.39. The molecule has 0 saturated carbocycles. The second-order valence-electron chi connectivity index (χ2n) is 3.76. The van der Waals surface area contributed by atoms with Gasteiger partial charge in [-0.25, -0.2) is 0 Å². The zero-order valence-electron chi connectivity index (χ0n) is 8.41. The van der Waals surface area contributed by atoms with Crippen LogP contribution >= 0.6 is 0 Å². The maximum Gasteiger partial charge on any atom is 0.208 e. The van der Waals surface area contributed by atoms with Crippen LogP contribution in [0.3, 0.4) is 0 Å². The minimum absolute atomic E-state index is 0.642. The van der Waals surface area contributed by atoms with E-state index in [0.29, 0.717) is 6.54 Å². The largest absolute Gasteiger partial charge is 0.415 e. The molecule has 1 fully saturated rings. The molecule has 1 saturated heterocycles. The van der Waals surface area contributed by atoms with Crippen LogP contribution < -0.4 is 10.9 Å². The van der Waals surface area contributed by atoms with Gasteiger partial charge in [0, 0.05) is 13.2 Å². The number of rotatable bonds is 2. The maximum atomic E-state index is 5.89. The lowest BCUT2D eigenvalue weighted by atomic mass is 10.2. The minimum Gasteiger partial charge on any atom is -0.415 e. The second-order valence-corrected chi connectivity index (χ2v) is 6.27. The summed E-state index contributed by atoms with van der Waals surface area (Å²) in [6.07, 6.45) is 2.56. The monoisotopic (exact) mass is 207 g/mol. The Balaban J connectivity index is 2.20. The fraction of sp³-hybridized carbons (Fsp3) is 0.455. The van der Waals surface area contributed by atoms with E-state index < -0.39 is 9.04 Å². The molecular formula is C11H17NOSi. The third-order valence-corrected chi connectivity index (χ3v) is 5.63. The Morgan fingerprint density at radius 3 is 2.86 bits per heavy atom. The van der Waals surface area contributed by atoms with Gasteiger partial charge in [-0.1, -0.05) is 30.7 Å². The zero-order valence-corrected chi connectivity index (χ0v) is 9.56. The quantitative estimate of drug-likeness (QED) is 0.731. The predicted octanol–water partition coefficient (Wildman–Crippen LogP) is 0.886. The molecule has 1 aromatic rings. The van der Waals surface area contributed by atoms with Gasteiger partial charge >= 0.3 is 0 Å². The number of benzene rings is 1. The Hall–Kier alpha value is -0.643. The van der Waals surface area contributed by atoms with E-state index in [0.717, 1.165) is 6.61 Å². The van der Waals surface area contributed by atoms with Crippen LogP contribution in [0.15, 0.2) is 24.3 Å². The molecule has 0 aliphatic carbocycles. The molecule has 3 heteroatoms. The first kappa shape index (κ1) is 9.89. The van der Waals surface area contributed by atoms with Crippen molar-refractivity contribution in [2.75, 3.05) is 6.61 Å². The van der Waals surface area contributed by atoms with E-state index in [9.17, 15) is 0 Å². The normalized spacial score (nSPS) is 22.2. The molecule has 0 aromatic heterocycles. The van der Waals surface area contributed by atoms with Gasteiger partial charge in [0.2, 0.25) is 9.04 Å². The summed E-state index contributed by atoms with van der Waals surface area (Å²) in [6, 6.07) is 9.75. The van der Waals surface area contributed by atoms with E-state index in [2.05, 4.69) is 24.3 Å². The molecule has 1 aliphatic heterocycles. The van der Waals surface area contributed by atoms with Gasteiger partial charge in [0.15, 0.2) is 0 Å². The van der Waals surface area contributed by atoms with Gasteiger partial charge in [-0.15, -0.1) is 0 Å². The average Bonchev–Trinajstić information content (AvgIpc) is 2.30. The number of nitrogens with two attached hydrogens (primary N) is 1. The SMILES string of the molecule is NCc1ccccc1[SiH]1CCCCO1. The highest BCUT2D eigenvalue weighted by atomic mass is 28.3. The van der Waals surface area contributed by atoms with Gasteiger partial charge in [-0.3, -0.25) is 0 Å². The molecule has 1 atom stereocenters. The molecule has 1 aliphatic rings. The minimum atomic E-state index is -1.12. The number of hydrogen-bond donors (Lipinski definition) is 1. The summed E-state index contributed by atoms with van der Waals surface area (Å²) in [6.45, 7) is 1.60. The second kappa shape index (κ2) is 4.73. The smallest absolute Gasteiger partial charge is 0.208 e. The van der Waals surface area contributed by atoms with Crippen molar-refractivity contribution < 1.29 is 4.43 Å². The van der Waals surface area contributed by atoms with Crippen LogP contribution in [0, 0.1) is 0 Å². The molecule has 2 rings (SSSR count). The van der Waals surface area contributed by atoms with Gasteiger partial charge in [0.05, 0.1) is 0 Å². The topological polar surface area (TPSA) is 35.2 Å². The Morgan fingerprint density at radius 1 is 1.29 bits per heavy atom. The highest BCUT2D eigenvalue weighted by Crippen LogP contribution is 2.12. The molecule has 1 unspecified atom stereocenters. The lowest BCUT2D eigenvalue weighted by molar-refractivity contribution is 0.294. The summed E-state index contributed by atoms with van der Waals surface area (Å²) in [5, 5.41) is 1.43. The molecule has 14 heavy (non-hydrogen) atoms. The molecule has 1 heterocycles. The zero-order chi connectivity index (χ0) is 9.80.